The Balaban J connectivity index is 2.12. The predicted molar refractivity (Wildman–Crippen MR) is 98.8 cm³/mol. The molecule has 0 spiro atoms. The molecule has 0 radical (unpaired) electrons. The van der Waals surface area contributed by atoms with Crippen molar-refractivity contribution in [3.63, 3.8) is 0 Å². The summed E-state index contributed by atoms with van der Waals surface area (Å²) >= 11 is 0. The number of hydrogen-bond acceptors (Lipinski definition) is 6. The summed E-state index contributed by atoms with van der Waals surface area (Å²) in [5, 5.41) is 2.61. The van der Waals surface area contributed by atoms with E-state index in [-0.39, 0.29) is 41.8 Å². The molecule has 0 saturated carbocycles. The number of carbonyl (C=O) groups excluding carboxylic acids is 2. The Hall–Kier alpha value is -1.97. The predicted octanol–water partition coefficient (Wildman–Crippen LogP) is 1.17. The van der Waals surface area contributed by atoms with Crippen LogP contribution in [0.2, 0.25) is 0 Å². The van der Waals surface area contributed by atoms with Crippen LogP contribution < -0.4 is 5.32 Å². The molecule has 150 valence electrons. The van der Waals surface area contributed by atoms with Gasteiger partial charge in [0, 0.05) is 19.1 Å². The van der Waals surface area contributed by atoms with Crippen molar-refractivity contribution in [3.05, 3.63) is 29.8 Å². The van der Waals surface area contributed by atoms with Gasteiger partial charge in [-0.15, -0.1) is 0 Å². The zero-order chi connectivity index (χ0) is 20.2. The minimum atomic E-state index is -3.76. The Morgan fingerprint density at radius 1 is 1.26 bits per heavy atom. The molecule has 1 saturated heterocycles. The second kappa shape index (κ2) is 8.81. The molecule has 1 N–H and O–H groups in total. The van der Waals surface area contributed by atoms with Crippen LogP contribution in [-0.2, 0) is 24.3 Å². The van der Waals surface area contributed by atoms with Crippen LogP contribution in [0.1, 0.15) is 38.1 Å². The van der Waals surface area contributed by atoms with E-state index in [9.17, 15) is 18.0 Å². The van der Waals surface area contributed by atoms with Gasteiger partial charge in [0.15, 0.2) is 6.61 Å². The number of carbonyl (C=O) groups is 2. The van der Waals surface area contributed by atoms with Gasteiger partial charge in [0.05, 0.1) is 22.7 Å². The number of esters is 1. The highest BCUT2D eigenvalue weighted by Gasteiger charge is 2.32. The van der Waals surface area contributed by atoms with E-state index < -0.39 is 28.5 Å². The molecular formula is C18H26N2O6S. The fourth-order valence-corrected chi connectivity index (χ4v) is 4.47. The van der Waals surface area contributed by atoms with Gasteiger partial charge in [0.25, 0.3) is 5.91 Å². The fourth-order valence-electron chi connectivity index (χ4n) is 2.84. The van der Waals surface area contributed by atoms with Crippen LogP contribution in [0.4, 0.5) is 0 Å². The van der Waals surface area contributed by atoms with Crippen LogP contribution in [0, 0.1) is 0 Å². The minimum Gasteiger partial charge on any atom is -0.452 e. The number of hydrogen-bond donors (Lipinski definition) is 1. The fraction of sp³-hybridized carbons (Fsp3) is 0.556. The molecule has 1 aromatic carbocycles. The number of nitrogens with zero attached hydrogens (tertiary/aromatic N) is 1. The molecule has 0 aliphatic carbocycles. The Labute approximate surface area is 159 Å². The number of benzene rings is 1. The number of ether oxygens (including phenoxy) is 2. The average Bonchev–Trinajstić information content (AvgIpc) is 2.58. The first-order chi connectivity index (χ1) is 12.6. The van der Waals surface area contributed by atoms with Crippen LogP contribution in [-0.4, -0.2) is 62.5 Å². The number of morpholine rings is 1. The van der Waals surface area contributed by atoms with E-state index in [1.54, 1.807) is 13.8 Å². The van der Waals surface area contributed by atoms with Crippen LogP contribution in [0.15, 0.2) is 29.2 Å². The van der Waals surface area contributed by atoms with Crippen molar-refractivity contribution in [2.45, 2.75) is 50.8 Å². The van der Waals surface area contributed by atoms with Crippen molar-refractivity contribution < 1.29 is 27.5 Å². The highest BCUT2D eigenvalue weighted by atomic mass is 32.2. The van der Waals surface area contributed by atoms with Crippen molar-refractivity contribution >= 4 is 21.9 Å². The first-order valence-electron chi connectivity index (χ1n) is 8.81. The molecule has 2 rings (SSSR count). The van der Waals surface area contributed by atoms with Gasteiger partial charge in [0.1, 0.15) is 0 Å². The number of rotatable bonds is 6. The summed E-state index contributed by atoms with van der Waals surface area (Å²) in [5.41, 5.74) is 0.0720. The minimum absolute atomic E-state index is 0.00452. The van der Waals surface area contributed by atoms with E-state index in [2.05, 4.69) is 5.32 Å². The van der Waals surface area contributed by atoms with Gasteiger partial charge in [-0.05, 0) is 45.9 Å². The smallest absolute Gasteiger partial charge is 0.338 e. The maximum atomic E-state index is 12.9. The molecule has 0 bridgehead atoms. The molecule has 1 aromatic rings. The number of nitrogens with one attached hydrogen (secondary N) is 1. The monoisotopic (exact) mass is 398 g/mol. The van der Waals surface area contributed by atoms with Crippen LogP contribution in [0.5, 0.6) is 0 Å². The third-order valence-corrected chi connectivity index (χ3v) is 5.71. The Morgan fingerprint density at radius 2 is 1.89 bits per heavy atom. The van der Waals surface area contributed by atoms with Gasteiger partial charge in [-0.3, -0.25) is 4.79 Å². The summed E-state index contributed by atoms with van der Waals surface area (Å²) in [6.45, 7) is 7.28. The lowest BCUT2D eigenvalue weighted by Gasteiger charge is -2.34. The van der Waals surface area contributed by atoms with Gasteiger partial charge in [-0.2, -0.15) is 4.31 Å². The van der Waals surface area contributed by atoms with Crippen LogP contribution >= 0.6 is 0 Å². The third kappa shape index (κ3) is 5.75. The summed E-state index contributed by atoms with van der Waals surface area (Å²) in [5.74, 6) is -1.17. The Bertz CT molecular complexity index is 783. The molecule has 0 unspecified atom stereocenters. The van der Waals surface area contributed by atoms with Gasteiger partial charge >= 0.3 is 5.97 Å². The van der Waals surface area contributed by atoms with Gasteiger partial charge in [-0.1, -0.05) is 6.07 Å². The molecule has 8 nitrogen and oxygen atoms in total. The SMILES string of the molecule is CC(C)NC(=O)COC(=O)c1cccc(S(=O)(=O)N2C[C@H](C)O[C@@H](C)C2)c1. The van der Waals surface area contributed by atoms with Crippen LogP contribution in [0.3, 0.4) is 0 Å². The van der Waals surface area contributed by atoms with Gasteiger partial charge < -0.3 is 14.8 Å². The average molecular weight is 398 g/mol. The molecule has 27 heavy (non-hydrogen) atoms. The zero-order valence-corrected chi connectivity index (χ0v) is 16.8. The molecule has 1 heterocycles. The molecule has 0 aromatic heterocycles. The molecule has 1 aliphatic rings. The summed E-state index contributed by atoms with van der Waals surface area (Å²) in [6, 6.07) is 5.56. The Kier molecular flexibility index (Phi) is 6.96. The van der Waals surface area contributed by atoms with Crippen LogP contribution in [0.25, 0.3) is 0 Å². The largest absolute Gasteiger partial charge is 0.452 e. The normalized spacial score (nSPS) is 21.1. The standard InChI is InChI=1S/C18H26N2O6S/c1-12(2)19-17(21)11-25-18(22)15-6-5-7-16(8-15)27(23,24)20-9-13(3)26-14(4)10-20/h5-8,12-14H,9-11H2,1-4H3,(H,19,21)/t13-,14-/m0/s1. The first kappa shape index (κ1) is 21.3. The zero-order valence-electron chi connectivity index (χ0n) is 16.0. The number of amides is 1. The molecule has 2 atom stereocenters. The summed E-state index contributed by atoms with van der Waals surface area (Å²) in [6.07, 6.45) is -0.424. The molecule has 1 aliphatic heterocycles. The van der Waals surface area contributed by atoms with E-state index in [0.717, 1.165) is 0 Å². The Morgan fingerprint density at radius 3 is 2.48 bits per heavy atom. The van der Waals surface area contributed by atoms with E-state index in [1.165, 1.54) is 28.6 Å². The maximum Gasteiger partial charge on any atom is 0.338 e. The van der Waals surface area contributed by atoms with Crippen molar-refractivity contribution in [2.75, 3.05) is 19.7 Å². The second-order valence-electron chi connectivity index (χ2n) is 6.91. The maximum absolute atomic E-state index is 12.9. The van der Waals surface area contributed by atoms with E-state index in [1.807, 2.05) is 13.8 Å². The molecule has 9 heteroatoms. The lowest BCUT2D eigenvalue weighted by atomic mass is 10.2. The van der Waals surface area contributed by atoms with Crippen molar-refractivity contribution in [1.82, 2.24) is 9.62 Å². The lowest BCUT2D eigenvalue weighted by Crippen LogP contribution is -2.48. The third-order valence-electron chi connectivity index (χ3n) is 3.88. The quantitative estimate of drug-likeness (QED) is 0.722. The summed E-state index contributed by atoms with van der Waals surface area (Å²) < 4.78 is 37.7. The lowest BCUT2D eigenvalue weighted by molar-refractivity contribution is -0.124. The second-order valence-corrected chi connectivity index (χ2v) is 8.84. The van der Waals surface area contributed by atoms with E-state index in [4.69, 9.17) is 9.47 Å². The van der Waals surface area contributed by atoms with E-state index >= 15 is 0 Å². The molecular weight excluding hydrogens is 372 g/mol. The highest BCUT2D eigenvalue weighted by Crippen LogP contribution is 2.22. The molecule has 1 amide bonds. The summed E-state index contributed by atoms with van der Waals surface area (Å²) in [7, 11) is -3.76. The van der Waals surface area contributed by atoms with Gasteiger partial charge in [-0.25, -0.2) is 13.2 Å². The molecule has 1 fully saturated rings. The first-order valence-corrected chi connectivity index (χ1v) is 10.3. The van der Waals surface area contributed by atoms with Gasteiger partial charge in [0.2, 0.25) is 10.0 Å². The van der Waals surface area contributed by atoms with E-state index in [0.29, 0.717) is 0 Å². The summed E-state index contributed by atoms with van der Waals surface area (Å²) in [4.78, 5) is 23.7. The topological polar surface area (TPSA) is 102 Å². The number of sulfonamides is 1. The van der Waals surface area contributed by atoms with Crippen molar-refractivity contribution in [1.29, 1.82) is 0 Å². The highest BCUT2D eigenvalue weighted by molar-refractivity contribution is 7.89. The van der Waals surface area contributed by atoms with Crippen molar-refractivity contribution in [2.24, 2.45) is 0 Å². The van der Waals surface area contributed by atoms with Crippen molar-refractivity contribution in [3.8, 4) is 0 Å².